The summed E-state index contributed by atoms with van der Waals surface area (Å²) < 4.78 is 2.65. The molecule has 2 heterocycles. The van der Waals surface area contributed by atoms with Crippen molar-refractivity contribution >= 4 is 29.5 Å². The predicted octanol–water partition coefficient (Wildman–Crippen LogP) is 3.72. The van der Waals surface area contributed by atoms with Crippen molar-refractivity contribution in [1.29, 1.82) is 0 Å². The highest BCUT2D eigenvalue weighted by atomic mass is 32.1. The topological polar surface area (TPSA) is 62.7 Å². The van der Waals surface area contributed by atoms with Crippen molar-refractivity contribution in [3.05, 3.63) is 63.1 Å². The number of carbonyl (C=O) groups excluding carboxylic acids is 1. The quantitative estimate of drug-likeness (QED) is 0.683. The molecule has 1 atom stereocenters. The minimum absolute atomic E-state index is 0.00506. The highest BCUT2D eigenvalue weighted by molar-refractivity contribution is 7.73. The highest BCUT2D eigenvalue weighted by Crippen LogP contribution is 2.18. The predicted molar refractivity (Wildman–Crippen MR) is 98.1 cm³/mol. The van der Waals surface area contributed by atoms with Crippen molar-refractivity contribution in [3.8, 4) is 5.69 Å². The van der Waals surface area contributed by atoms with Crippen LogP contribution in [-0.2, 0) is 11.2 Å². The summed E-state index contributed by atoms with van der Waals surface area (Å²) in [4.78, 5) is 20.3. The zero-order chi connectivity index (χ0) is 17.1. The maximum atomic E-state index is 12.2. The van der Waals surface area contributed by atoms with E-state index in [0.717, 1.165) is 21.8 Å². The Hall–Kier alpha value is -2.25. The molecule has 1 aromatic carbocycles. The number of thiazole rings is 1. The van der Waals surface area contributed by atoms with E-state index < -0.39 is 0 Å². The van der Waals surface area contributed by atoms with E-state index in [0.29, 0.717) is 10.4 Å². The third-order valence-corrected chi connectivity index (χ3v) is 5.15. The molecule has 1 amide bonds. The molecule has 0 radical (unpaired) electrons. The number of hydrogen-bond donors (Lipinski definition) is 2. The van der Waals surface area contributed by atoms with Gasteiger partial charge in [0.1, 0.15) is 0 Å². The highest BCUT2D eigenvalue weighted by Gasteiger charge is 2.13. The summed E-state index contributed by atoms with van der Waals surface area (Å²) in [5, 5.41) is 3.04. The number of imidazole rings is 1. The van der Waals surface area contributed by atoms with E-state index in [-0.39, 0.29) is 11.9 Å². The number of nitrogens with one attached hydrogen (secondary N) is 2. The SMILES string of the molecule is Cc1[nH]c(=S)sc1CC(=O)N[C@@H](C)c1ccc(-n2ccnc2)cc1. The molecule has 0 saturated heterocycles. The Kier molecular flexibility index (Phi) is 4.92. The van der Waals surface area contributed by atoms with Crippen LogP contribution in [0.4, 0.5) is 0 Å². The molecule has 0 saturated carbocycles. The number of hydrogen-bond acceptors (Lipinski definition) is 4. The van der Waals surface area contributed by atoms with E-state index >= 15 is 0 Å². The Balaban J connectivity index is 1.64. The summed E-state index contributed by atoms with van der Waals surface area (Å²) in [6.45, 7) is 3.92. The summed E-state index contributed by atoms with van der Waals surface area (Å²) in [6.07, 6.45) is 5.75. The average Bonchev–Trinajstić information content (AvgIpc) is 3.18. The minimum Gasteiger partial charge on any atom is -0.349 e. The van der Waals surface area contributed by atoms with Gasteiger partial charge < -0.3 is 14.9 Å². The number of amides is 1. The first-order valence-electron chi connectivity index (χ1n) is 7.59. The molecule has 0 unspecified atom stereocenters. The summed E-state index contributed by atoms with van der Waals surface area (Å²) >= 11 is 6.56. The molecule has 3 rings (SSSR count). The van der Waals surface area contributed by atoms with E-state index in [1.807, 2.05) is 48.9 Å². The van der Waals surface area contributed by atoms with Gasteiger partial charge in [0.25, 0.3) is 0 Å². The molecular formula is C17H18N4OS2. The molecule has 0 bridgehead atoms. The molecule has 0 spiro atoms. The number of H-pyrrole nitrogens is 1. The number of benzene rings is 1. The maximum Gasteiger partial charge on any atom is 0.225 e. The van der Waals surface area contributed by atoms with Crippen LogP contribution >= 0.6 is 23.6 Å². The van der Waals surface area contributed by atoms with Crippen molar-refractivity contribution in [3.63, 3.8) is 0 Å². The maximum absolute atomic E-state index is 12.2. The van der Waals surface area contributed by atoms with Gasteiger partial charge in [-0.15, -0.1) is 11.3 Å². The van der Waals surface area contributed by atoms with Crippen LogP contribution in [0.2, 0.25) is 0 Å². The van der Waals surface area contributed by atoms with Crippen LogP contribution in [0.3, 0.4) is 0 Å². The van der Waals surface area contributed by atoms with Crippen LogP contribution in [0.15, 0.2) is 43.0 Å². The molecule has 0 aliphatic heterocycles. The fourth-order valence-corrected chi connectivity index (χ4v) is 3.76. The van der Waals surface area contributed by atoms with Crippen LogP contribution in [0.5, 0.6) is 0 Å². The molecule has 2 aromatic heterocycles. The van der Waals surface area contributed by atoms with Gasteiger partial charge in [-0.25, -0.2) is 4.98 Å². The van der Waals surface area contributed by atoms with Crippen molar-refractivity contribution in [1.82, 2.24) is 19.9 Å². The molecule has 3 aromatic rings. The fraction of sp³-hybridized carbons (Fsp3) is 0.235. The van der Waals surface area contributed by atoms with Crippen LogP contribution in [0.25, 0.3) is 5.69 Å². The number of aryl methyl sites for hydroxylation is 1. The number of rotatable bonds is 5. The van der Waals surface area contributed by atoms with Crippen LogP contribution < -0.4 is 5.32 Å². The van der Waals surface area contributed by atoms with E-state index in [1.165, 1.54) is 11.3 Å². The second-order valence-electron chi connectivity index (χ2n) is 5.59. The van der Waals surface area contributed by atoms with E-state index in [1.54, 1.807) is 12.5 Å². The van der Waals surface area contributed by atoms with Crippen molar-refractivity contribution < 1.29 is 4.79 Å². The molecule has 2 N–H and O–H groups in total. The molecule has 0 aliphatic carbocycles. The lowest BCUT2D eigenvalue weighted by Gasteiger charge is -2.15. The normalized spacial score (nSPS) is 12.1. The molecule has 124 valence electrons. The van der Waals surface area contributed by atoms with Gasteiger partial charge in [0.05, 0.1) is 18.8 Å². The Morgan fingerprint density at radius 3 is 2.75 bits per heavy atom. The van der Waals surface area contributed by atoms with Gasteiger partial charge in [0.15, 0.2) is 3.95 Å². The second-order valence-corrected chi connectivity index (χ2v) is 7.36. The third-order valence-electron chi connectivity index (χ3n) is 3.82. The van der Waals surface area contributed by atoms with Crippen LogP contribution in [-0.4, -0.2) is 20.4 Å². The first-order chi connectivity index (χ1) is 11.5. The smallest absolute Gasteiger partial charge is 0.225 e. The molecule has 0 fully saturated rings. The number of carbonyl (C=O) groups is 1. The van der Waals surface area contributed by atoms with Crippen LogP contribution in [0, 0.1) is 10.9 Å². The summed E-state index contributed by atoms with van der Waals surface area (Å²) in [5.74, 6) is -0.00506. The Morgan fingerprint density at radius 1 is 1.42 bits per heavy atom. The van der Waals surface area contributed by atoms with E-state index in [9.17, 15) is 4.79 Å². The lowest BCUT2D eigenvalue weighted by atomic mass is 10.1. The van der Waals surface area contributed by atoms with E-state index in [4.69, 9.17) is 12.2 Å². The van der Waals surface area contributed by atoms with Crippen molar-refractivity contribution in [2.45, 2.75) is 26.3 Å². The van der Waals surface area contributed by atoms with Gasteiger partial charge >= 0.3 is 0 Å². The summed E-state index contributed by atoms with van der Waals surface area (Å²) in [5.41, 5.74) is 3.07. The van der Waals surface area contributed by atoms with Crippen molar-refractivity contribution in [2.75, 3.05) is 0 Å². The molecule has 7 heteroatoms. The zero-order valence-electron chi connectivity index (χ0n) is 13.4. The summed E-state index contributed by atoms with van der Waals surface area (Å²) in [6, 6.07) is 8.02. The number of nitrogens with zero attached hydrogens (tertiary/aromatic N) is 2. The largest absolute Gasteiger partial charge is 0.349 e. The molecule has 0 aliphatic rings. The van der Waals surface area contributed by atoms with E-state index in [2.05, 4.69) is 15.3 Å². The van der Waals surface area contributed by atoms with Gasteiger partial charge in [-0.3, -0.25) is 4.79 Å². The lowest BCUT2D eigenvalue weighted by molar-refractivity contribution is -0.121. The van der Waals surface area contributed by atoms with Gasteiger partial charge in [-0.05, 0) is 43.8 Å². The minimum atomic E-state index is -0.0541. The number of aromatic amines is 1. The zero-order valence-corrected chi connectivity index (χ0v) is 15.1. The summed E-state index contributed by atoms with van der Waals surface area (Å²) in [7, 11) is 0. The first kappa shape index (κ1) is 16.6. The van der Waals surface area contributed by atoms with Gasteiger partial charge in [0.2, 0.25) is 5.91 Å². The number of aromatic nitrogens is 3. The third kappa shape index (κ3) is 3.80. The Morgan fingerprint density at radius 2 is 2.17 bits per heavy atom. The molecular weight excluding hydrogens is 340 g/mol. The molecule has 24 heavy (non-hydrogen) atoms. The molecule has 5 nitrogen and oxygen atoms in total. The first-order valence-corrected chi connectivity index (χ1v) is 8.81. The lowest BCUT2D eigenvalue weighted by Crippen LogP contribution is -2.28. The van der Waals surface area contributed by atoms with Gasteiger partial charge in [-0.2, -0.15) is 0 Å². The van der Waals surface area contributed by atoms with Gasteiger partial charge in [-0.1, -0.05) is 12.1 Å². The standard InChI is InChI=1S/C17H18N4OS2/c1-11(19-16(22)9-15-12(2)20-17(23)24-15)13-3-5-14(6-4-13)21-8-7-18-10-21/h3-8,10-11H,9H2,1-2H3,(H,19,22)(H,20,23)/t11-/m0/s1. The fourth-order valence-electron chi connectivity index (χ4n) is 2.47. The second kappa shape index (κ2) is 7.11. The Bertz CT molecular complexity index is 878. The monoisotopic (exact) mass is 358 g/mol. The average molecular weight is 358 g/mol. The Labute approximate surface area is 149 Å². The van der Waals surface area contributed by atoms with Crippen molar-refractivity contribution in [2.24, 2.45) is 0 Å². The van der Waals surface area contributed by atoms with Crippen LogP contribution in [0.1, 0.15) is 29.1 Å². The van der Waals surface area contributed by atoms with Gasteiger partial charge in [0, 0.05) is 28.7 Å².